The number of carbonyl (C=O) groups is 1. The first-order chi connectivity index (χ1) is 6.54. The molecule has 7 heteroatoms. The number of aliphatic hydroxyl groups is 4. The quantitative estimate of drug-likeness (QED) is 0.340. The number of amides is 1. The second-order valence-electron chi connectivity index (χ2n) is 3.44. The largest absolute Gasteiger partial charge is 0.447 e. The summed E-state index contributed by atoms with van der Waals surface area (Å²) in [6.07, 6.45) is -6.69. The van der Waals surface area contributed by atoms with Crippen molar-refractivity contribution >= 4 is 6.09 Å². The first-order valence-corrected chi connectivity index (χ1v) is 4.21. The molecule has 80 valence electrons. The van der Waals surface area contributed by atoms with Crippen molar-refractivity contribution in [2.75, 3.05) is 6.61 Å². The second kappa shape index (κ2) is 3.06. The van der Waals surface area contributed by atoms with Gasteiger partial charge in [0.2, 0.25) is 0 Å². The molecule has 2 saturated heterocycles. The standard InChI is InChI=1S/C7H11NO6/c9-3-2-1-14-7(13)8(2)6(12)5(11)4(3)10/h2-6,9-12H,1H2/t2-,3+,4-,5-,6-/m0/s1. The molecular weight excluding hydrogens is 194 g/mol. The molecule has 0 saturated carbocycles. The number of nitrogens with zero attached hydrogens (tertiary/aromatic N) is 1. The Morgan fingerprint density at radius 1 is 1.14 bits per heavy atom. The minimum absolute atomic E-state index is 0.0964. The van der Waals surface area contributed by atoms with Crippen LogP contribution in [0.4, 0.5) is 4.79 Å². The van der Waals surface area contributed by atoms with Gasteiger partial charge in [-0.15, -0.1) is 0 Å². The molecule has 5 atom stereocenters. The van der Waals surface area contributed by atoms with Gasteiger partial charge in [-0.2, -0.15) is 0 Å². The summed E-state index contributed by atoms with van der Waals surface area (Å²) in [5.74, 6) is 0. The number of cyclic esters (lactones) is 1. The third kappa shape index (κ3) is 1.10. The molecule has 0 aromatic carbocycles. The molecule has 2 aliphatic rings. The average molecular weight is 205 g/mol. The number of fused-ring (bicyclic) bond motifs is 1. The van der Waals surface area contributed by atoms with Gasteiger partial charge in [-0.25, -0.2) is 4.79 Å². The van der Waals surface area contributed by atoms with Gasteiger partial charge in [-0.1, -0.05) is 0 Å². The summed E-state index contributed by atoms with van der Waals surface area (Å²) in [7, 11) is 0. The highest BCUT2D eigenvalue weighted by Gasteiger charge is 2.53. The molecule has 2 heterocycles. The summed E-state index contributed by atoms with van der Waals surface area (Å²) in [5, 5.41) is 37.4. The zero-order valence-corrected chi connectivity index (χ0v) is 7.15. The van der Waals surface area contributed by atoms with Crippen molar-refractivity contribution < 1.29 is 30.0 Å². The van der Waals surface area contributed by atoms with E-state index in [9.17, 15) is 25.2 Å². The lowest BCUT2D eigenvalue weighted by molar-refractivity contribution is -0.193. The van der Waals surface area contributed by atoms with Crippen LogP contribution in [0.15, 0.2) is 0 Å². The zero-order valence-electron chi connectivity index (χ0n) is 7.15. The van der Waals surface area contributed by atoms with Crippen LogP contribution in [0.1, 0.15) is 0 Å². The maximum Gasteiger partial charge on any atom is 0.412 e. The van der Waals surface area contributed by atoms with Gasteiger partial charge >= 0.3 is 6.09 Å². The number of ether oxygens (including phenoxy) is 1. The Labute approximate surface area is 79.1 Å². The van der Waals surface area contributed by atoms with E-state index in [4.69, 9.17) is 0 Å². The third-order valence-electron chi connectivity index (χ3n) is 2.63. The van der Waals surface area contributed by atoms with E-state index in [-0.39, 0.29) is 6.61 Å². The van der Waals surface area contributed by atoms with Crippen molar-refractivity contribution in [1.82, 2.24) is 4.90 Å². The number of piperidine rings is 1. The van der Waals surface area contributed by atoms with E-state index in [1.54, 1.807) is 0 Å². The number of aliphatic hydroxyl groups excluding tert-OH is 4. The molecule has 0 spiro atoms. The Morgan fingerprint density at radius 3 is 2.43 bits per heavy atom. The Hall–Kier alpha value is -0.890. The summed E-state index contributed by atoms with van der Waals surface area (Å²) in [6.45, 7) is -0.0964. The third-order valence-corrected chi connectivity index (χ3v) is 2.63. The van der Waals surface area contributed by atoms with E-state index in [1.807, 2.05) is 0 Å². The predicted octanol–water partition coefficient (Wildman–Crippen LogP) is -2.78. The van der Waals surface area contributed by atoms with E-state index in [1.165, 1.54) is 0 Å². The first kappa shape index (κ1) is 9.66. The van der Waals surface area contributed by atoms with Gasteiger partial charge in [0.1, 0.15) is 31.0 Å². The molecule has 4 N–H and O–H groups in total. The van der Waals surface area contributed by atoms with Crippen LogP contribution in [0, 0.1) is 0 Å². The molecular formula is C7H11NO6. The van der Waals surface area contributed by atoms with Crippen LogP contribution in [0.25, 0.3) is 0 Å². The lowest BCUT2D eigenvalue weighted by Crippen LogP contribution is -2.65. The molecule has 1 amide bonds. The van der Waals surface area contributed by atoms with Crippen LogP contribution in [-0.4, -0.2) is 68.6 Å². The second-order valence-corrected chi connectivity index (χ2v) is 3.44. The summed E-state index contributed by atoms with van der Waals surface area (Å²) in [6, 6.07) is -0.795. The van der Waals surface area contributed by atoms with Gasteiger partial charge in [0.25, 0.3) is 0 Å². The lowest BCUT2D eigenvalue weighted by Gasteiger charge is -2.41. The molecule has 0 radical (unpaired) electrons. The minimum atomic E-state index is -1.58. The average Bonchev–Trinajstić information content (AvgIpc) is 2.54. The minimum Gasteiger partial charge on any atom is -0.447 e. The van der Waals surface area contributed by atoms with E-state index in [2.05, 4.69) is 4.74 Å². The highest BCUT2D eigenvalue weighted by Crippen LogP contribution is 2.28. The van der Waals surface area contributed by atoms with Crippen molar-refractivity contribution in [3.63, 3.8) is 0 Å². The zero-order chi connectivity index (χ0) is 10.5. The topological polar surface area (TPSA) is 110 Å². The first-order valence-electron chi connectivity index (χ1n) is 4.21. The number of carbonyl (C=O) groups excluding carboxylic acids is 1. The van der Waals surface area contributed by atoms with Crippen LogP contribution in [0.2, 0.25) is 0 Å². The van der Waals surface area contributed by atoms with Gasteiger partial charge in [-0.05, 0) is 0 Å². The highest BCUT2D eigenvalue weighted by molar-refractivity contribution is 5.70. The Balaban J connectivity index is 2.27. The summed E-state index contributed by atoms with van der Waals surface area (Å²) in [4.78, 5) is 11.9. The smallest absolute Gasteiger partial charge is 0.412 e. The van der Waals surface area contributed by atoms with Crippen molar-refractivity contribution in [2.45, 2.75) is 30.6 Å². The fourth-order valence-electron chi connectivity index (χ4n) is 1.78. The van der Waals surface area contributed by atoms with E-state index in [0.29, 0.717) is 0 Å². The lowest BCUT2D eigenvalue weighted by atomic mass is 9.94. The fourth-order valence-corrected chi connectivity index (χ4v) is 1.78. The normalized spacial score (nSPS) is 47.6. The molecule has 14 heavy (non-hydrogen) atoms. The van der Waals surface area contributed by atoms with Crippen molar-refractivity contribution in [1.29, 1.82) is 0 Å². The van der Waals surface area contributed by atoms with Gasteiger partial charge < -0.3 is 25.2 Å². The van der Waals surface area contributed by atoms with E-state index in [0.717, 1.165) is 4.90 Å². The maximum atomic E-state index is 11.1. The Kier molecular flexibility index (Phi) is 2.11. The number of rotatable bonds is 0. The molecule has 0 bridgehead atoms. The molecule has 7 nitrogen and oxygen atoms in total. The molecule has 2 fully saturated rings. The monoisotopic (exact) mass is 205 g/mol. The molecule has 0 aromatic heterocycles. The Morgan fingerprint density at radius 2 is 1.79 bits per heavy atom. The van der Waals surface area contributed by atoms with Gasteiger partial charge in [-0.3, -0.25) is 4.90 Å². The van der Waals surface area contributed by atoms with Gasteiger partial charge in [0.15, 0.2) is 6.23 Å². The van der Waals surface area contributed by atoms with Crippen LogP contribution in [-0.2, 0) is 4.74 Å². The molecule has 2 aliphatic heterocycles. The van der Waals surface area contributed by atoms with Crippen LogP contribution < -0.4 is 0 Å². The summed E-state index contributed by atoms with van der Waals surface area (Å²) < 4.78 is 4.58. The number of hydrogen-bond donors (Lipinski definition) is 4. The van der Waals surface area contributed by atoms with Crippen LogP contribution in [0.5, 0.6) is 0 Å². The van der Waals surface area contributed by atoms with Crippen LogP contribution >= 0.6 is 0 Å². The number of hydrogen-bond acceptors (Lipinski definition) is 6. The summed E-state index contributed by atoms with van der Waals surface area (Å²) in [5.41, 5.74) is 0. The summed E-state index contributed by atoms with van der Waals surface area (Å²) >= 11 is 0. The molecule has 0 aliphatic carbocycles. The Bertz CT molecular complexity index is 259. The highest BCUT2D eigenvalue weighted by atomic mass is 16.6. The molecule has 0 unspecified atom stereocenters. The van der Waals surface area contributed by atoms with Gasteiger partial charge in [0.05, 0.1) is 0 Å². The molecule has 0 aromatic rings. The predicted molar refractivity (Wildman–Crippen MR) is 41.0 cm³/mol. The van der Waals surface area contributed by atoms with E-state index >= 15 is 0 Å². The van der Waals surface area contributed by atoms with Crippen molar-refractivity contribution in [2.24, 2.45) is 0 Å². The molecule has 2 rings (SSSR count). The van der Waals surface area contributed by atoms with Crippen LogP contribution in [0.3, 0.4) is 0 Å². The van der Waals surface area contributed by atoms with Crippen molar-refractivity contribution in [3.05, 3.63) is 0 Å². The maximum absolute atomic E-state index is 11.1. The fraction of sp³-hybridized carbons (Fsp3) is 0.857. The van der Waals surface area contributed by atoms with E-state index < -0.39 is 36.7 Å². The van der Waals surface area contributed by atoms with Crippen molar-refractivity contribution in [3.8, 4) is 0 Å². The SMILES string of the molecule is O=C1OC[C@H]2[C@@H](O)[C@H](O)[C@H](O)[C@H](O)N12. The van der Waals surface area contributed by atoms with Gasteiger partial charge in [0, 0.05) is 0 Å².